The predicted molar refractivity (Wildman–Crippen MR) is 195 cm³/mol. The number of benzene rings is 2. The van der Waals surface area contributed by atoms with Crippen LogP contribution in [0.3, 0.4) is 0 Å². The third-order valence-electron chi connectivity index (χ3n) is 7.63. The number of carboxylic acid groups (broad SMARTS) is 1. The van der Waals surface area contributed by atoms with E-state index in [1.807, 2.05) is 38.1 Å². The Hall–Kier alpha value is -3.75. The number of unbranched alkanes of at least 4 members (excludes halogenated alkanes) is 1. The number of rotatable bonds is 11. The molecule has 1 aromatic heterocycles. The average Bonchev–Trinajstić information content (AvgIpc) is 3.48. The summed E-state index contributed by atoms with van der Waals surface area (Å²) in [7, 11) is 1.68. The number of aromatic nitrogens is 1. The molecule has 0 aliphatic carbocycles. The number of aryl methyl sites for hydroxylation is 2. The third kappa shape index (κ3) is 18.2. The fourth-order valence-corrected chi connectivity index (χ4v) is 4.53. The maximum absolute atomic E-state index is 10.5. The molecular weight excluding hydrogens is 590 g/mol. The lowest BCUT2D eigenvalue weighted by atomic mass is 9.93. The van der Waals surface area contributed by atoms with Gasteiger partial charge in [-0.05, 0) is 93.9 Å². The Morgan fingerprint density at radius 3 is 2.02 bits per heavy atom. The number of carbonyl (C=O) groups excluding carboxylic acids is 2. The number of nitrogens with zero attached hydrogens (tertiary/aromatic N) is 1. The summed E-state index contributed by atoms with van der Waals surface area (Å²) in [5, 5.41) is 8.02. The minimum atomic E-state index is -1.37. The van der Waals surface area contributed by atoms with Gasteiger partial charge in [-0.1, -0.05) is 82.9 Å². The number of ether oxygens (including phenoxy) is 1. The van der Waals surface area contributed by atoms with Crippen molar-refractivity contribution in [2.45, 2.75) is 106 Å². The van der Waals surface area contributed by atoms with Crippen molar-refractivity contribution >= 4 is 17.5 Å². The molecule has 1 unspecified atom stereocenters. The molecule has 262 valence electrons. The summed E-state index contributed by atoms with van der Waals surface area (Å²) in [4.78, 5) is 30.6. The lowest BCUT2D eigenvalue weighted by Gasteiger charge is -2.12. The normalized spacial score (nSPS) is 12.3. The van der Waals surface area contributed by atoms with E-state index in [4.69, 9.17) is 21.3 Å². The molecule has 2 aromatic carbocycles. The van der Waals surface area contributed by atoms with Crippen molar-refractivity contribution in [1.82, 2.24) is 4.57 Å². The number of aliphatic carboxylic acids is 1. The van der Waals surface area contributed by atoms with Crippen molar-refractivity contribution in [1.29, 1.82) is 0 Å². The number of methoxy groups -OCH3 is 1. The van der Waals surface area contributed by atoms with Crippen LogP contribution in [0.25, 0.3) is 5.69 Å². The van der Waals surface area contributed by atoms with Gasteiger partial charge in [0.05, 0.1) is 7.11 Å². The molecule has 1 aliphatic heterocycles. The van der Waals surface area contributed by atoms with Crippen LogP contribution < -0.4 is 16.2 Å². The summed E-state index contributed by atoms with van der Waals surface area (Å²) >= 11 is 0. The Bertz CT molecular complexity index is 1300. The van der Waals surface area contributed by atoms with Crippen LogP contribution in [0.4, 0.5) is 0 Å². The topological polar surface area (TPSA) is 138 Å². The molecule has 2 heterocycles. The SMILES string of the molecule is CCC(=O)CCCN.CCC1Cc2cc(C)ccc2-n2cccc2C1.CCCC.COc1ccccc1C.NCCCC(=O)C(=O)O. The Morgan fingerprint density at radius 1 is 0.872 bits per heavy atom. The summed E-state index contributed by atoms with van der Waals surface area (Å²) in [5.74, 6) is -0.0800. The van der Waals surface area contributed by atoms with Crippen molar-refractivity contribution in [3.05, 3.63) is 83.2 Å². The molecular formula is C39H61N3O5. The summed E-state index contributed by atoms with van der Waals surface area (Å²) in [5.41, 5.74) is 17.1. The second kappa shape index (κ2) is 26.3. The number of nitrogens with two attached hydrogens (primary N) is 2. The fourth-order valence-electron chi connectivity index (χ4n) is 4.53. The van der Waals surface area contributed by atoms with E-state index in [1.165, 1.54) is 60.2 Å². The zero-order valence-electron chi connectivity index (χ0n) is 30.0. The molecule has 5 N–H and O–H groups in total. The van der Waals surface area contributed by atoms with Gasteiger partial charge in [0.2, 0.25) is 5.78 Å². The van der Waals surface area contributed by atoms with E-state index in [2.05, 4.69) is 68.8 Å². The molecule has 1 atom stereocenters. The Morgan fingerprint density at radius 2 is 1.51 bits per heavy atom. The first-order valence-electron chi connectivity index (χ1n) is 17.1. The Labute approximate surface area is 283 Å². The number of para-hydroxylation sites is 1. The van der Waals surface area contributed by atoms with Crippen molar-refractivity contribution in [2.24, 2.45) is 17.4 Å². The number of hydrogen-bond acceptors (Lipinski definition) is 6. The summed E-state index contributed by atoms with van der Waals surface area (Å²) < 4.78 is 7.41. The number of carbonyl (C=O) groups is 3. The zero-order valence-corrected chi connectivity index (χ0v) is 30.0. The molecule has 0 radical (unpaired) electrons. The van der Waals surface area contributed by atoms with Crippen LogP contribution in [0, 0.1) is 19.8 Å². The molecule has 4 rings (SSSR count). The van der Waals surface area contributed by atoms with E-state index in [1.54, 1.807) is 7.11 Å². The number of ketones is 2. The van der Waals surface area contributed by atoms with Gasteiger partial charge < -0.3 is 25.9 Å². The smallest absolute Gasteiger partial charge is 0.372 e. The van der Waals surface area contributed by atoms with Crippen LogP contribution in [0.15, 0.2) is 60.8 Å². The van der Waals surface area contributed by atoms with Gasteiger partial charge >= 0.3 is 5.97 Å². The van der Waals surface area contributed by atoms with E-state index in [0.29, 0.717) is 38.1 Å². The average molecular weight is 652 g/mol. The first-order chi connectivity index (χ1) is 22.5. The standard InChI is InChI=1S/C16H19N.C8H10O.C6H13NO.C5H9NO3.C4H10/c1-3-13-10-14-9-12(2)6-7-16(14)17-8-4-5-15(17)11-13;1-7-5-3-4-6-8(7)9-2;1-2-6(8)4-3-5-7;6-3-1-2-4(7)5(8)9;1-3-4-2/h4-9,13H,3,10-11H2,1-2H3;3-6H,1-2H3;2-5,7H2,1H3;1-3,6H2,(H,8,9);3-4H2,1-2H3. The summed E-state index contributed by atoms with van der Waals surface area (Å²) in [6, 6.07) is 19.2. The van der Waals surface area contributed by atoms with Gasteiger partial charge in [-0.25, -0.2) is 4.79 Å². The zero-order chi connectivity index (χ0) is 35.6. The van der Waals surface area contributed by atoms with E-state index in [0.717, 1.165) is 18.1 Å². The lowest BCUT2D eigenvalue weighted by Crippen LogP contribution is -2.13. The van der Waals surface area contributed by atoms with E-state index >= 15 is 0 Å². The van der Waals surface area contributed by atoms with Crippen LogP contribution in [0.2, 0.25) is 0 Å². The molecule has 0 amide bonds. The monoisotopic (exact) mass is 651 g/mol. The molecule has 8 nitrogen and oxygen atoms in total. The Balaban J connectivity index is 0.000000612. The summed E-state index contributed by atoms with van der Waals surface area (Å²) in [6.45, 7) is 13.7. The van der Waals surface area contributed by atoms with E-state index in [-0.39, 0.29) is 6.42 Å². The Kier molecular flexibility index (Phi) is 24.2. The third-order valence-corrected chi connectivity index (χ3v) is 7.63. The molecule has 0 spiro atoms. The molecule has 3 aromatic rings. The highest BCUT2D eigenvalue weighted by Crippen LogP contribution is 2.29. The second-order valence-electron chi connectivity index (χ2n) is 11.6. The van der Waals surface area contributed by atoms with Crippen LogP contribution in [-0.2, 0) is 27.2 Å². The molecule has 47 heavy (non-hydrogen) atoms. The van der Waals surface area contributed by atoms with Crippen LogP contribution in [-0.4, -0.2) is 47.4 Å². The molecule has 0 saturated carbocycles. The van der Waals surface area contributed by atoms with Gasteiger partial charge in [0.25, 0.3) is 0 Å². The maximum atomic E-state index is 10.5. The largest absolute Gasteiger partial charge is 0.496 e. The highest BCUT2D eigenvalue weighted by atomic mass is 16.5. The van der Waals surface area contributed by atoms with Gasteiger partial charge in [0, 0.05) is 36.8 Å². The van der Waals surface area contributed by atoms with Gasteiger partial charge in [-0.15, -0.1) is 0 Å². The maximum Gasteiger partial charge on any atom is 0.372 e. The van der Waals surface area contributed by atoms with Gasteiger partial charge in [0.1, 0.15) is 11.5 Å². The number of carboxylic acids is 1. The first-order valence-corrected chi connectivity index (χ1v) is 17.1. The number of fused-ring (bicyclic) bond motifs is 3. The van der Waals surface area contributed by atoms with Crippen molar-refractivity contribution in [2.75, 3.05) is 20.2 Å². The number of hydrogen-bond donors (Lipinski definition) is 3. The van der Waals surface area contributed by atoms with Crippen LogP contribution >= 0.6 is 0 Å². The van der Waals surface area contributed by atoms with Gasteiger partial charge in [-0.2, -0.15) is 0 Å². The second-order valence-corrected chi connectivity index (χ2v) is 11.6. The van der Waals surface area contributed by atoms with Crippen LogP contribution in [0.1, 0.15) is 101 Å². The van der Waals surface area contributed by atoms with Crippen molar-refractivity contribution < 1.29 is 24.2 Å². The highest BCUT2D eigenvalue weighted by molar-refractivity contribution is 6.32. The van der Waals surface area contributed by atoms with Crippen molar-refractivity contribution in [3.63, 3.8) is 0 Å². The summed E-state index contributed by atoms with van der Waals surface area (Å²) in [6.07, 6.45) is 11.2. The van der Waals surface area contributed by atoms with Crippen molar-refractivity contribution in [3.8, 4) is 11.4 Å². The van der Waals surface area contributed by atoms with Crippen LogP contribution in [0.5, 0.6) is 5.75 Å². The number of Topliss-reactive ketones (excluding diaryl/α,β-unsaturated/α-hetero) is 2. The minimum Gasteiger partial charge on any atom is -0.496 e. The van der Waals surface area contributed by atoms with Gasteiger partial charge in [-0.3, -0.25) is 9.59 Å². The molecule has 0 saturated heterocycles. The predicted octanol–water partition coefficient (Wildman–Crippen LogP) is 7.80. The highest BCUT2D eigenvalue weighted by Gasteiger charge is 2.19. The van der Waals surface area contributed by atoms with Gasteiger partial charge in [0.15, 0.2) is 0 Å². The first kappa shape index (κ1) is 43.2. The van der Waals surface area contributed by atoms with E-state index < -0.39 is 11.8 Å². The fraction of sp³-hybridized carbons (Fsp3) is 0.513. The molecule has 0 bridgehead atoms. The van der Waals surface area contributed by atoms with E-state index in [9.17, 15) is 14.4 Å². The molecule has 1 aliphatic rings. The lowest BCUT2D eigenvalue weighted by molar-refractivity contribution is -0.149. The molecule has 8 heteroatoms. The minimum absolute atomic E-state index is 0.0475. The quantitative estimate of drug-likeness (QED) is 0.180. The molecule has 0 fully saturated rings.